The lowest BCUT2D eigenvalue weighted by molar-refractivity contribution is 0.0949. The van der Waals surface area contributed by atoms with Gasteiger partial charge in [0.05, 0.1) is 12.1 Å². The molecule has 0 aliphatic carbocycles. The summed E-state index contributed by atoms with van der Waals surface area (Å²) in [5, 5.41) is 6.69. The Hall–Kier alpha value is -2.11. The van der Waals surface area contributed by atoms with E-state index in [9.17, 15) is 9.59 Å². The molecule has 1 aromatic heterocycles. The number of benzene rings is 1. The van der Waals surface area contributed by atoms with Crippen LogP contribution in [0.15, 0.2) is 47.4 Å². The average Bonchev–Trinajstić information content (AvgIpc) is 2.57. The van der Waals surface area contributed by atoms with E-state index in [1.807, 2.05) is 32.0 Å². The van der Waals surface area contributed by atoms with Crippen LogP contribution in [0, 0.1) is 0 Å². The Kier molecular flexibility index (Phi) is 6.58. The molecule has 128 valence electrons. The number of hydrogen-bond donors (Lipinski definition) is 2. The van der Waals surface area contributed by atoms with Crippen molar-refractivity contribution >= 4 is 17.5 Å². The van der Waals surface area contributed by atoms with Crippen molar-refractivity contribution in [1.82, 2.24) is 15.2 Å². The van der Waals surface area contributed by atoms with E-state index in [1.54, 1.807) is 18.3 Å². The highest BCUT2D eigenvalue weighted by atomic mass is 35.5. The quantitative estimate of drug-likeness (QED) is 0.807. The number of hydrogen-bond acceptors (Lipinski definition) is 3. The van der Waals surface area contributed by atoms with Gasteiger partial charge in [-0.25, -0.2) is 0 Å². The molecule has 6 heteroatoms. The van der Waals surface area contributed by atoms with Crippen LogP contribution >= 0.6 is 11.6 Å². The minimum Gasteiger partial charge on any atom is -0.350 e. The fourth-order valence-electron chi connectivity index (χ4n) is 2.37. The van der Waals surface area contributed by atoms with Gasteiger partial charge < -0.3 is 15.2 Å². The molecular weight excluding hydrogens is 326 g/mol. The van der Waals surface area contributed by atoms with Gasteiger partial charge in [-0.05, 0) is 31.2 Å². The highest BCUT2D eigenvalue weighted by molar-refractivity contribution is 6.31. The maximum Gasteiger partial charge on any atom is 0.252 e. The zero-order chi connectivity index (χ0) is 17.5. The molecule has 0 saturated heterocycles. The summed E-state index contributed by atoms with van der Waals surface area (Å²) < 4.78 is 1.49. The Balaban J connectivity index is 2.12. The molecule has 0 bridgehead atoms. The van der Waals surface area contributed by atoms with E-state index >= 15 is 0 Å². The number of nitrogens with one attached hydrogen (secondary N) is 2. The topological polar surface area (TPSA) is 63.1 Å². The van der Waals surface area contributed by atoms with Gasteiger partial charge in [0, 0.05) is 29.9 Å². The first-order chi connectivity index (χ1) is 11.5. The van der Waals surface area contributed by atoms with Crippen LogP contribution in [0.25, 0.3) is 0 Å². The Morgan fingerprint density at radius 1 is 1.25 bits per heavy atom. The van der Waals surface area contributed by atoms with E-state index in [-0.39, 0.29) is 17.5 Å². The Bertz CT molecular complexity index is 758. The zero-order valence-corrected chi connectivity index (χ0v) is 14.6. The Morgan fingerprint density at radius 3 is 2.71 bits per heavy atom. The van der Waals surface area contributed by atoms with Crippen LogP contribution in [-0.2, 0) is 6.54 Å². The van der Waals surface area contributed by atoms with Crippen molar-refractivity contribution in [2.75, 3.05) is 13.1 Å². The maximum atomic E-state index is 12.3. The molecule has 5 nitrogen and oxygen atoms in total. The van der Waals surface area contributed by atoms with Gasteiger partial charge in [0.25, 0.3) is 11.5 Å². The summed E-state index contributed by atoms with van der Waals surface area (Å²) in [6.07, 6.45) is 1.57. The molecule has 1 amide bonds. The largest absolute Gasteiger partial charge is 0.350 e. The number of likely N-dealkylation sites (N-methyl/N-ethyl adjacent to an activating group) is 1. The van der Waals surface area contributed by atoms with Crippen molar-refractivity contribution < 1.29 is 4.79 Å². The molecule has 0 fully saturated rings. The van der Waals surface area contributed by atoms with E-state index in [2.05, 4.69) is 10.6 Å². The van der Waals surface area contributed by atoms with Crippen LogP contribution in [0.2, 0.25) is 5.02 Å². The third-order valence-corrected chi connectivity index (χ3v) is 4.03. The maximum absolute atomic E-state index is 12.3. The van der Waals surface area contributed by atoms with E-state index in [4.69, 9.17) is 11.6 Å². The van der Waals surface area contributed by atoms with Crippen molar-refractivity contribution in [2.24, 2.45) is 0 Å². The van der Waals surface area contributed by atoms with Crippen molar-refractivity contribution in [3.05, 3.63) is 69.1 Å². The number of nitrogens with zero attached hydrogens (tertiary/aromatic N) is 1. The number of rotatable bonds is 7. The van der Waals surface area contributed by atoms with Crippen LogP contribution in [0.5, 0.6) is 0 Å². The lowest BCUT2D eigenvalue weighted by atomic mass is 10.2. The standard InChI is InChI=1S/C18H22ClN3O2/c1-3-20-13(2)10-21-18(24)15-8-9-17(23)22(12-15)11-14-6-4-5-7-16(14)19/h4-9,12-13,20H,3,10-11H2,1-2H3,(H,21,24)/t13-/m1/s1. The van der Waals surface area contributed by atoms with Gasteiger partial charge in [0.15, 0.2) is 0 Å². The van der Waals surface area contributed by atoms with Crippen molar-refractivity contribution in [1.29, 1.82) is 0 Å². The smallest absolute Gasteiger partial charge is 0.252 e. The second-order valence-corrected chi connectivity index (χ2v) is 6.05. The van der Waals surface area contributed by atoms with Gasteiger partial charge in [-0.3, -0.25) is 9.59 Å². The molecule has 2 aromatic rings. The van der Waals surface area contributed by atoms with Gasteiger partial charge in [0.1, 0.15) is 0 Å². The van der Waals surface area contributed by atoms with Gasteiger partial charge in [-0.1, -0.05) is 36.7 Å². The second-order valence-electron chi connectivity index (χ2n) is 5.64. The number of carbonyl (C=O) groups excluding carboxylic acids is 1. The summed E-state index contributed by atoms with van der Waals surface area (Å²) in [5.41, 5.74) is 1.11. The average molecular weight is 348 g/mol. The molecule has 24 heavy (non-hydrogen) atoms. The summed E-state index contributed by atoms with van der Waals surface area (Å²) in [5.74, 6) is -0.201. The monoisotopic (exact) mass is 347 g/mol. The van der Waals surface area contributed by atoms with Crippen LogP contribution in [0.4, 0.5) is 0 Å². The molecule has 1 atom stereocenters. The number of pyridine rings is 1. The van der Waals surface area contributed by atoms with Crippen molar-refractivity contribution in [3.63, 3.8) is 0 Å². The van der Waals surface area contributed by atoms with E-state index in [0.29, 0.717) is 23.7 Å². The normalized spacial score (nSPS) is 12.0. The molecule has 1 aromatic carbocycles. The number of amides is 1. The van der Waals surface area contributed by atoms with Gasteiger partial charge >= 0.3 is 0 Å². The van der Waals surface area contributed by atoms with E-state index in [0.717, 1.165) is 12.1 Å². The highest BCUT2D eigenvalue weighted by Crippen LogP contribution is 2.15. The Morgan fingerprint density at radius 2 is 2.00 bits per heavy atom. The third kappa shape index (κ3) is 4.94. The van der Waals surface area contributed by atoms with Gasteiger partial charge in [0.2, 0.25) is 0 Å². The summed E-state index contributed by atoms with van der Waals surface area (Å²) in [6, 6.07) is 10.5. The summed E-state index contributed by atoms with van der Waals surface area (Å²) in [4.78, 5) is 24.3. The lowest BCUT2D eigenvalue weighted by Gasteiger charge is -2.14. The van der Waals surface area contributed by atoms with Crippen LogP contribution < -0.4 is 16.2 Å². The molecule has 0 spiro atoms. The minimum atomic E-state index is -0.201. The molecule has 2 N–H and O–H groups in total. The number of aromatic nitrogens is 1. The number of carbonyl (C=O) groups is 1. The first-order valence-corrected chi connectivity index (χ1v) is 8.34. The first-order valence-electron chi connectivity index (χ1n) is 7.96. The lowest BCUT2D eigenvalue weighted by Crippen LogP contribution is -2.39. The predicted molar refractivity (Wildman–Crippen MR) is 96.7 cm³/mol. The molecule has 0 radical (unpaired) electrons. The van der Waals surface area contributed by atoms with Crippen molar-refractivity contribution in [3.8, 4) is 0 Å². The van der Waals surface area contributed by atoms with Gasteiger partial charge in [-0.2, -0.15) is 0 Å². The Labute approximate surface area is 146 Å². The molecule has 0 unspecified atom stereocenters. The minimum absolute atomic E-state index is 0.174. The zero-order valence-electron chi connectivity index (χ0n) is 13.9. The molecular formula is C18H22ClN3O2. The predicted octanol–water partition coefficient (Wildman–Crippen LogP) is 2.28. The first kappa shape index (κ1) is 18.2. The summed E-state index contributed by atoms with van der Waals surface area (Å²) in [6.45, 7) is 5.72. The third-order valence-electron chi connectivity index (χ3n) is 3.67. The molecule has 0 aliphatic heterocycles. The van der Waals surface area contributed by atoms with E-state index < -0.39 is 0 Å². The van der Waals surface area contributed by atoms with Gasteiger partial charge in [-0.15, -0.1) is 0 Å². The highest BCUT2D eigenvalue weighted by Gasteiger charge is 2.10. The SMILES string of the molecule is CCN[C@H](C)CNC(=O)c1ccc(=O)n(Cc2ccccc2Cl)c1. The van der Waals surface area contributed by atoms with Crippen LogP contribution in [0.1, 0.15) is 29.8 Å². The summed E-state index contributed by atoms with van der Waals surface area (Å²) in [7, 11) is 0. The van der Waals surface area contributed by atoms with Crippen molar-refractivity contribution in [2.45, 2.75) is 26.4 Å². The van der Waals surface area contributed by atoms with E-state index in [1.165, 1.54) is 10.6 Å². The number of halogens is 1. The van der Waals surface area contributed by atoms with Crippen LogP contribution in [0.3, 0.4) is 0 Å². The summed E-state index contributed by atoms with van der Waals surface area (Å²) >= 11 is 6.14. The molecule has 0 aliphatic rings. The molecule has 2 rings (SSSR count). The van der Waals surface area contributed by atoms with Crippen LogP contribution in [-0.4, -0.2) is 29.6 Å². The fourth-order valence-corrected chi connectivity index (χ4v) is 2.56. The molecule has 1 heterocycles. The second kappa shape index (κ2) is 8.66. The fraction of sp³-hybridized carbons (Fsp3) is 0.333. The molecule has 0 saturated carbocycles.